The molecule has 1 aromatic rings. The fourth-order valence-corrected chi connectivity index (χ4v) is 2.92. The Morgan fingerprint density at radius 3 is 2.38 bits per heavy atom. The Morgan fingerprint density at radius 2 is 1.95 bits per heavy atom. The van der Waals surface area contributed by atoms with Crippen LogP contribution in [-0.2, 0) is 6.42 Å². The SMILES string of the molecule is CCC(CC)(CN)NC(=O)c1csc(CC(C)C)n1.Cl.Cl. The highest BCUT2D eigenvalue weighted by Crippen LogP contribution is 2.17. The van der Waals surface area contributed by atoms with Gasteiger partial charge in [-0.1, -0.05) is 27.7 Å². The van der Waals surface area contributed by atoms with Gasteiger partial charge in [0.2, 0.25) is 0 Å². The minimum absolute atomic E-state index is 0. The van der Waals surface area contributed by atoms with Gasteiger partial charge >= 0.3 is 0 Å². The highest BCUT2D eigenvalue weighted by molar-refractivity contribution is 7.09. The average molecular weight is 356 g/mol. The third-order valence-electron chi connectivity index (χ3n) is 3.49. The molecule has 0 fully saturated rings. The molecule has 7 heteroatoms. The van der Waals surface area contributed by atoms with Gasteiger partial charge in [0, 0.05) is 18.3 Å². The summed E-state index contributed by atoms with van der Waals surface area (Å²) < 4.78 is 0. The molecule has 0 saturated heterocycles. The van der Waals surface area contributed by atoms with Gasteiger partial charge in [0.25, 0.3) is 5.91 Å². The Bertz CT molecular complexity index is 412. The highest BCUT2D eigenvalue weighted by atomic mass is 35.5. The molecule has 124 valence electrons. The van der Waals surface area contributed by atoms with Crippen LogP contribution in [0.4, 0.5) is 0 Å². The average Bonchev–Trinajstić information content (AvgIpc) is 2.83. The number of carbonyl (C=O) groups excluding carboxylic acids is 1. The maximum Gasteiger partial charge on any atom is 0.271 e. The first-order valence-corrected chi connectivity index (χ1v) is 7.81. The van der Waals surface area contributed by atoms with Crippen molar-refractivity contribution in [2.75, 3.05) is 6.54 Å². The predicted octanol–water partition coefficient (Wildman–Crippen LogP) is 3.43. The van der Waals surface area contributed by atoms with Gasteiger partial charge in [-0.3, -0.25) is 4.79 Å². The molecule has 3 N–H and O–H groups in total. The second kappa shape index (κ2) is 10.4. The molecule has 0 unspecified atom stereocenters. The Kier molecular flexibility index (Phi) is 11.3. The number of carbonyl (C=O) groups is 1. The van der Waals surface area contributed by atoms with Crippen molar-refractivity contribution in [3.63, 3.8) is 0 Å². The first kappa shape index (κ1) is 22.9. The predicted molar refractivity (Wildman–Crippen MR) is 95.0 cm³/mol. The monoisotopic (exact) mass is 355 g/mol. The van der Waals surface area contributed by atoms with Crippen LogP contribution < -0.4 is 11.1 Å². The zero-order valence-electron chi connectivity index (χ0n) is 13.1. The molecular weight excluding hydrogens is 329 g/mol. The molecule has 0 aliphatic heterocycles. The number of thiazole rings is 1. The minimum Gasteiger partial charge on any atom is -0.344 e. The number of nitrogens with two attached hydrogens (primary N) is 1. The fourth-order valence-electron chi connectivity index (χ4n) is 1.93. The second-order valence-corrected chi connectivity index (χ2v) is 6.31. The van der Waals surface area contributed by atoms with E-state index in [0.717, 1.165) is 24.3 Å². The summed E-state index contributed by atoms with van der Waals surface area (Å²) >= 11 is 1.55. The van der Waals surface area contributed by atoms with Gasteiger partial charge < -0.3 is 11.1 Å². The Labute approximate surface area is 144 Å². The lowest BCUT2D eigenvalue weighted by atomic mass is 9.93. The van der Waals surface area contributed by atoms with Crippen LogP contribution in [0.5, 0.6) is 0 Å². The zero-order valence-corrected chi connectivity index (χ0v) is 15.6. The van der Waals surface area contributed by atoms with Crippen LogP contribution >= 0.6 is 36.2 Å². The van der Waals surface area contributed by atoms with Crippen molar-refractivity contribution in [1.29, 1.82) is 0 Å². The molecule has 0 aliphatic rings. The molecule has 0 spiro atoms. The van der Waals surface area contributed by atoms with Gasteiger partial charge in [-0.2, -0.15) is 0 Å². The third kappa shape index (κ3) is 6.51. The standard InChI is InChI=1S/C14H25N3OS.2ClH/c1-5-14(6-2,9-15)17-13(18)11-8-19-12(16-11)7-10(3)4;;/h8,10H,5-7,9,15H2,1-4H3,(H,17,18);2*1H. The van der Waals surface area contributed by atoms with Gasteiger partial charge in [-0.05, 0) is 18.8 Å². The van der Waals surface area contributed by atoms with Crippen molar-refractivity contribution < 1.29 is 4.79 Å². The quantitative estimate of drug-likeness (QED) is 0.786. The van der Waals surface area contributed by atoms with E-state index in [1.54, 1.807) is 11.3 Å². The molecule has 1 amide bonds. The summed E-state index contributed by atoms with van der Waals surface area (Å²) in [5, 5.41) is 5.90. The van der Waals surface area contributed by atoms with Crippen LogP contribution in [0.15, 0.2) is 5.38 Å². The van der Waals surface area contributed by atoms with Crippen LogP contribution in [0.25, 0.3) is 0 Å². The number of amides is 1. The van der Waals surface area contributed by atoms with Crippen LogP contribution in [0, 0.1) is 5.92 Å². The lowest BCUT2D eigenvalue weighted by molar-refractivity contribution is 0.0890. The van der Waals surface area contributed by atoms with Gasteiger partial charge in [-0.15, -0.1) is 36.2 Å². The molecule has 1 heterocycles. The van der Waals surface area contributed by atoms with Crippen molar-refractivity contribution in [1.82, 2.24) is 10.3 Å². The Morgan fingerprint density at radius 1 is 1.38 bits per heavy atom. The molecule has 0 aliphatic carbocycles. The topological polar surface area (TPSA) is 68.0 Å². The molecular formula is C14H27Cl2N3OS. The zero-order chi connectivity index (χ0) is 14.5. The number of hydrogen-bond donors (Lipinski definition) is 2. The van der Waals surface area contributed by atoms with Gasteiger partial charge in [-0.25, -0.2) is 4.98 Å². The normalized spacial score (nSPS) is 10.8. The molecule has 21 heavy (non-hydrogen) atoms. The van der Waals surface area contributed by atoms with Crippen LogP contribution in [0.2, 0.25) is 0 Å². The van der Waals surface area contributed by atoms with Gasteiger partial charge in [0.1, 0.15) is 5.69 Å². The molecule has 0 atom stereocenters. The van der Waals surface area contributed by atoms with Crippen molar-refractivity contribution in [2.45, 2.75) is 52.5 Å². The van der Waals surface area contributed by atoms with Gasteiger partial charge in [0.15, 0.2) is 0 Å². The molecule has 1 rings (SSSR count). The van der Waals surface area contributed by atoms with E-state index >= 15 is 0 Å². The smallest absolute Gasteiger partial charge is 0.271 e. The van der Waals surface area contributed by atoms with E-state index in [2.05, 4.69) is 24.1 Å². The van der Waals surface area contributed by atoms with Crippen LogP contribution in [0.1, 0.15) is 56.0 Å². The first-order valence-electron chi connectivity index (χ1n) is 6.93. The summed E-state index contributed by atoms with van der Waals surface area (Å²) in [5.74, 6) is 0.442. The molecule has 4 nitrogen and oxygen atoms in total. The van der Waals surface area contributed by atoms with E-state index in [0.29, 0.717) is 18.2 Å². The van der Waals surface area contributed by atoms with E-state index in [1.807, 2.05) is 19.2 Å². The summed E-state index contributed by atoms with van der Waals surface area (Å²) in [4.78, 5) is 16.6. The van der Waals surface area contributed by atoms with Crippen molar-refractivity contribution >= 4 is 42.1 Å². The molecule has 1 aromatic heterocycles. The van der Waals surface area contributed by atoms with E-state index in [9.17, 15) is 4.79 Å². The van der Waals surface area contributed by atoms with Crippen molar-refractivity contribution in [2.24, 2.45) is 11.7 Å². The maximum absolute atomic E-state index is 12.2. The van der Waals surface area contributed by atoms with Crippen LogP contribution in [-0.4, -0.2) is 23.0 Å². The molecule has 0 aromatic carbocycles. The summed E-state index contributed by atoms with van der Waals surface area (Å²) in [6.45, 7) is 8.84. The molecule has 0 bridgehead atoms. The lowest BCUT2D eigenvalue weighted by Gasteiger charge is -2.31. The Balaban J connectivity index is 0. The van der Waals surface area contributed by atoms with E-state index in [1.165, 1.54) is 0 Å². The van der Waals surface area contributed by atoms with E-state index < -0.39 is 0 Å². The van der Waals surface area contributed by atoms with Gasteiger partial charge in [0.05, 0.1) is 10.5 Å². The van der Waals surface area contributed by atoms with Crippen molar-refractivity contribution in [3.05, 3.63) is 16.1 Å². The van der Waals surface area contributed by atoms with Crippen LogP contribution in [0.3, 0.4) is 0 Å². The maximum atomic E-state index is 12.2. The van der Waals surface area contributed by atoms with E-state index in [4.69, 9.17) is 5.73 Å². The number of aromatic nitrogens is 1. The molecule has 0 radical (unpaired) electrons. The summed E-state index contributed by atoms with van der Waals surface area (Å²) in [7, 11) is 0. The lowest BCUT2D eigenvalue weighted by Crippen LogP contribution is -2.52. The number of nitrogens with one attached hydrogen (secondary N) is 1. The largest absolute Gasteiger partial charge is 0.344 e. The number of halogens is 2. The minimum atomic E-state index is -0.307. The summed E-state index contributed by atoms with van der Waals surface area (Å²) in [6, 6.07) is 0. The second-order valence-electron chi connectivity index (χ2n) is 5.37. The number of rotatable bonds is 7. The number of nitrogens with zero attached hydrogens (tertiary/aromatic N) is 1. The molecule has 0 saturated carbocycles. The first-order chi connectivity index (χ1) is 8.96. The third-order valence-corrected chi connectivity index (χ3v) is 4.36. The van der Waals surface area contributed by atoms with E-state index in [-0.39, 0.29) is 36.3 Å². The Hall–Kier alpha value is -0.360. The number of hydrogen-bond acceptors (Lipinski definition) is 4. The fraction of sp³-hybridized carbons (Fsp3) is 0.714. The summed E-state index contributed by atoms with van der Waals surface area (Å²) in [5.41, 5.74) is 6.00. The van der Waals surface area contributed by atoms with Crippen molar-refractivity contribution in [3.8, 4) is 0 Å². The summed E-state index contributed by atoms with van der Waals surface area (Å²) in [6.07, 6.45) is 2.57. The highest BCUT2D eigenvalue weighted by Gasteiger charge is 2.27.